The standard InChI is InChI=1S/C19H14N2/c1-21-17-9-5-3-7-13(17)15-11-10-14-12-6-2-4-8-16(12)20-18(14)19(15)21/h2-11,20H,1H3. The Balaban J connectivity index is 2.14. The van der Waals surface area contributed by atoms with Gasteiger partial charge < -0.3 is 9.55 Å². The van der Waals surface area contributed by atoms with E-state index in [2.05, 4.69) is 77.3 Å². The molecule has 0 aliphatic carbocycles. The highest BCUT2D eigenvalue weighted by Crippen LogP contribution is 2.35. The maximum atomic E-state index is 3.60. The number of aromatic nitrogens is 2. The zero-order valence-corrected chi connectivity index (χ0v) is 11.7. The molecular weight excluding hydrogens is 256 g/mol. The number of fused-ring (bicyclic) bond motifs is 7. The molecule has 2 aromatic heterocycles. The summed E-state index contributed by atoms with van der Waals surface area (Å²) in [6, 6.07) is 21.6. The number of aromatic amines is 1. The first-order valence-electron chi connectivity index (χ1n) is 7.21. The van der Waals surface area contributed by atoms with Crippen molar-refractivity contribution in [3.63, 3.8) is 0 Å². The topological polar surface area (TPSA) is 20.7 Å². The molecule has 0 aliphatic heterocycles. The van der Waals surface area contributed by atoms with Crippen molar-refractivity contribution in [1.29, 1.82) is 0 Å². The molecule has 100 valence electrons. The number of hydrogen-bond donors (Lipinski definition) is 1. The summed E-state index contributed by atoms with van der Waals surface area (Å²) < 4.78 is 2.29. The van der Waals surface area contributed by atoms with Crippen LogP contribution in [0.2, 0.25) is 0 Å². The molecule has 2 heteroatoms. The van der Waals surface area contributed by atoms with E-state index >= 15 is 0 Å². The Labute approximate surface area is 121 Å². The lowest BCUT2D eigenvalue weighted by atomic mass is 10.1. The van der Waals surface area contributed by atoms with E-state index in [0.29, 0.717) is 0 Å². The van der Waals surface area contributed by atoms with Crippen molar-refractivity contribution in [2.24, 2.45) is 7.05 Å². The summed E-state index contributed by atoms with van der Waals surface area (Å²) in [5, 5.41) is 5.21. The van der Waals surface area contributed by atoms with E-state index in [1.54, 1.807) is 0 Å². The Morgan fingerprint density at radius 2 is 1.43 bits per heavy atom. The zero-order chi connectivity index (χ0) is 14.0. The third-order valence-corrected chi connectivity index (χ3v) is 4.55. The molecule has 0 unspecified atom stereocenters. The third kappa shape index (κ3) is 1.27. The van der Waals surface area contributed by atoms with Crippen LogP contribution in [0.3, 0.4) is 0 Å². The van der Waals surface area contributed by atoms with Crippen LogP contribution >= 0.6 is 0 Å². The number of rotatable bonds is 0. The quantitative estimate of drug-likeness (QED) is 0.410. The summed E-state index contributed by atoms with van der Waals surface area (Å²) >= 11 is 0. The number of H-pyrrole nitrogens is 1. The average molecular weight is 270 g/mol. The van der Waals surface area contributed by atoms with Gasteiger partial charge in [-0.2, -0.15) is 0 Å². The van der Waals surface area contributed by atoms with Crippen molar-refractivity contribution >= 4 is 43.6 Å². The predicted octanol–water partition coefficient (Wildman–Crippen LogP) is 4.97. The molecule has 21 heavy (non-hydrogen) atoms. The first-order chi connectivity index (χ1) is 10.3. The molecule has 0 atom stereocenters. The molecule has 0 amide bonds. The summed E-state index contributed by atoms with van der Waals surface area (Å²) in [5.74, 6) is 0. The molecule has 0 saturated carbocycles. The minimum atomic E-state index is 1.20. The highest BCUT2D eigenvalue weighted by Gasteiger charge is 2.13. The lowest BCUT2D eigenvalue weighted by molar-refractivity contribution is 1.02. The Morgan fingerprint density at radius 1 is 0.714 bits per heavy atom. The van der Waals surface area contributed by atoms with Crippen molar-refractivity contribution < 1.29 is 0 Å². The van der Waals surface area contributed by atoms with E-state index in [1.165, 1.54) is 43.6 Å². The summed E-state index contributed by atoms with van der Waals surface area (Å²) in [5.41, 5.74) is 4.99. The minimum Gasteiger partial charge on any atom is -0.353 e. The van der Waals surface area contributed by atoms with Gasteiger partial charge in [-0.1, -0.05) is 48.5 Å². The van der Waals surface area contributed by atoms with Crippen molar-refractivity contribution in [3.05, 3.63) is 60.7 Å². The normalized spacial score (nSPS) is 12.0. The first-order valence-corrected chi connectivity index (χ1v) is 7.21. The van der Waals surface area contributed by atoms with Crippen LogP contribution in [0.15, 0.2) is 60.7 Å². The maximum absolute atomic E-state index is 3.60. The smallest absolute Gasteiger partial charge is 0.0734 e. The molecule has 0 bridgehead atoms. The molecule has 0 aliphatic rings. The van der Waals surface area contributed by atoms with Crippen LogP contribution in [0.5, 0.6) is 0 Å². The van der Waals surface area contributed by atoms with Crippen LogP contribution in [0.1, 0.15) is 0 Å². The summed E-state index contributed by atoms with van der Waals surface area (Å²) in [7, 11) is 2.15. The second-order valence-electron chi connectivity index (χ2n) is 5.63. The van der Waals surface area contributed by atoms with Crippen molar-refractivity contribution in [1.82, 2.24) is 9.55 Å². The van der Waals surface area contributed by atoms with E-state index in [9.17, 15) is 0 Å². The summed E-state index contributed by atoms with van der Waals surface area (Å²) in [6.07, 6.45) is 0. The van der Waals surface area contributed by atoms with E-state index in [1.807, 2.05) is 0 Å². The monoisotopic (exact) mass is 270 g/mol. The molecular formula is C19H14N2. The Hall–Kier alpha value is -2.74. The van der Waals surface area contributed by atoms with Gasteiger partial charge in [0.25, 0.3) is 0 Å². The molecule has 3 aromatic carbocycles. The molecule has 2 nitrogen and oxygen atoms in total. The molecule has 1 N–H and O–H groups in total. The second kappa shape index (κ2) is 3.67. The fourth-order valence-electron chi connectivity index (χ4n) is 3.58. The molecule has 5 rings (SSSR count). The molecule has 2 heterocycles. The highest BCUT2D eigenvalue weighted by atomic mass is 15.0. The Bertz CT molecular complexity index is 1140. The highest BCUT2D eigenvalue weighted by molar-refractivity contribution is 6.21. The summed E-state index contributed by atoms with van der Waals surface area (Å²) in [4.78, 5) is 3.60. The fraction of sp³-hybridized carbons (Fsp3) is 0.0526. The van der Waals surface area contributed by atoms with Crippen LogP contribution in [-0.2, 0) is 7.05 Å². The van der Waals surface area contributed by atoms with Gasteiger partial charge in [0.15, 0.2) is 0 Å². The van der Waals surface area contributed by atoms with E-state index in [0.717, 1.165) is 0 Å². The Morgan fingerprint density at radius 3 is 2.33 bits per heavy atom. The molecule has 5 aromatic rings. The second-order valence-corrected chi connectivity index (χ2v) is 5.63. The molecule has 0 spiro atoms. The van der Waals surface area contributed by atoms with Crippen molar-refractivity contribution in [2.45, 2.75) is 0 Å². The molecule has 0 radical (unpaired) electrons. The first kappa shape index (κ1) is 11.0. The minimum absolute atomic E-state index is 1.20. The van der Waals surface area contributed by atoms with Gasteiger partial charge in [-0.15, -0.1) is 0 Å². The van der Waals surface area contributed by atoms with Gasteiger partial charge in [-0.25, -0.2) is 0 Å². The van der Waals surface area contributed by atoms with Gasteiger partial charge in [-0.05, 0) is 12.1 Å². The van der Waals surface area contributed by atoms with Crippen molar-refractivity contribution in [2.75, 3.05) is 0 Å². The van der Waals surface area contributed by atoms with E-state index in [4.69, 9.17) is 0 Å². The van der Waals surface area contributed by atoms with Gasteiger partial charge in [0.05, 0.1) is 11.0 Å². The molecule has 0 saturated heterocycles. The maximum Gasteiger partial charge on any atom is 0.0734 e. The van der Waals surface area contributed by atoms with Crippen LogP contribution in [0.25, 0.3) is 43.6 Å². The van der Waals surface area contributed by atoms with Crippen LogP contribution < -0.4 is 0 Å². The lowest BCUT2D eigenvalue weighted by Gasteiger charge is -1.99. The van der Waals surface area contributed by atoms with Gasteiger partial charge in [0, 0.05) is 39.6 Å². The number of nitrogens with one attached hydrogen (secondary N) is 1. The van der Waals surface area contributed by atoms with E-state index in [-0.39, 0.29) is 0 Å². The van der Waals surface area contributed by atoms with Crippen LogP contribution in [-0.4, -0.2) is 9.55 Å². The van der Waals surface area contributed by atoms with E-state index < -0.39 is 0 Å². The lowest BCUT2D eigenvalue weighted by Crippen LogP contribution is -1.87. The van der Waals surface area contributed by atoms with Gasteiger partial charge >= 0.3 is 0 Å². The largest absolute Gasteiger partial charge is 0.353 e. The number of benzene rings is 3. The van der Waals surface area contributed by atoms with Gasteiger partial charge in [0.2, 0.25) is 0 Å². The number of aryl methyl sites for hydroxylation is 1. The predicted molar refractivity (Wildman–Crippen MR) is 89.8 cm³/mol. The Kier molecular flexibility index (Phi) is 1.92. The SMILES string of the molecule is Cn1c2ccccc2c2ccc3c4ccccc4[nH]c3c21. The van der Waals surface area contributed by atoms with Crippen LogP contribution in [0.4, 0.5) is 0 Å². The third-order valence-electron chi connectivity index (χ3n) is 4.55. The zero-order valence-electron chi connectivity index (χ0n) is 11.7. The number of hydrogen-bond acceptors (Lipinski definition) is 0. The fourth-order valence-corrected chi connectivity index (χ4v) is 3.58. The van der Waals surface area contributed by atoms with Crippen molar-refractivity contribution in [3.8, 4) is 0 Å². The summed E-state index contributed by atoms with van der Waals surface area (Å²) in [6.45, 7) is 0. The van der Waals surface area contributed by atoms with Crippen LogP contribution in [0, 0.1) is 0 Å². The number of para-hydroxylation sites is 2. The van der Waals surface area contributed by atoms with Gasteiger partial charge in [0.1, 0.15) is 0 Å². The average Bonchev–Trinajstić information content (AvgIpc) is 3.04. The molecule has 0 fully saturated rings. The number of nitrogens with zero attached hydrogens (tertiary/aromatic N) is 1. The van der Waals surface area contributed by atoms with Gasteiger partial charge in [-0.3, -0.25) is 0 Å².